The lowest BCUT2D eigenvalue weighted by atomic mass is 10.1. The van der Waals surface area contributed by atoms with Gasteiger partial charge >= 0.3 is 5.84 Å². The van der Waals surface area contributed by atoms with E-state index in [9.17, 15) is 0 Å². The number of hydrogen-bond donors (Lipinski definition) is 0. The van der Waals surface area contributed by atoms with Crippen LogP contribution in [0, 0.1) is 0 Å². The van der Waals surface area contributed by atoms with Crippen LogP contribution in [0.4, 0.5) is 0 Å². The van der Waals surface area contributed by atoms with Crippen LogP contribution in [-0.4, -0.2) is 14.5 Å². The average Bonchev–Trinajstić information content (AvgIpc) is 3.07. The maximum Gasteiger partial charge on any atom is 0.468 e. The fraction of sp³-hybridized carbons (Fsp3) is 0.0714. The average molecular weight is 249 g/mol. The topological polar surface area (TPSA) is 48.0 Å². The summed E-state index contributed by atoms with van der Waals surface area (Å²) in [7, 11) is 0. The zero-order chi connectivity index (χ0) is 12.4. The molecule has 0 atom stereocenters. The lowest BCUT2D eigenvalue weighted by molar-refractivity contribution is -0.484. The molecule has 0 amide bonds. The van der Waals surface area contributed by atoms with E-state index >= 15 is 0 Å². The molecule has 0 saturated heterocycles. The molecule has 0 radical (unpaired) electrons. The molecule has 90 valence electrons. The number of oxazole rings is 1. The van der Waals surface area contributed by atoms with Crippen LogP contribution in [0.5, 0.6) is 0 Å². The van der Waals surface area contributed by atoms with E-state index in [0.717, 1.165) is 23.5 Å². The predicted molar refractivity (Wildman–Crippen MR) is 67.5 cm³/mol. The molecule has 4 aromatic rings. The second-order valence-corrected chi connectivity index (χ2v) is 4.73. The molecule has 5 heterocycles. The first-order chi connectivity index (χ1) is 9.42. The Balaban J connectivity index is 1.93. The normalized spacial score (nSPS) is 13.1. The SMILES string of the molecule is c1cc2c(cn1)Cn1c-2c[n+]2c3ccncc3oc12. The van der Waals surface area contributed by atoms with E-state index in [1.54, 1.807) is 12.4 Å². The van der Waals surface area contributed by atoms with Crippen molar-refractivity contribution in [1.29, 1.82) is 0 Å². The van der Waals surface area contributed by atoms with Gasteiger partial charge in [-0.2, -0.15) is 8.97 Å². The summed E-state index contributed by atoms with van der Waals surface area (Å²) in [6, 6.07) is 4.02. The van der Waals surface area contributed by atoms with Gasteiger partial charge in [0.05, 0.1) is 6.20 Å². The molecule has 0 unspecified atom stereocenters. The lowest BCUT2D eigenvalue weighted by Gasteiger charge is -1.91. The maximum atomic E-state index is 5.91. The quantitative estimate of drug-likeness (QED) is 0.393. The Kier molecular flexibility index (Phi) is 1.46. The third-order valence-electron chi connectivity index (χ3n) is 3.71. The van der Waals surface area contributed by atoms with Crippen molar-refractivity contribution in [3.8, 4) is 11.3 Å². The first-order valence-electron chi connectivity index (χ1n) is 6.12. The Morgan fingerprint density at radius 3 is 3.05 bits per heavy atom. The Bertz CT molecular complexity index is 951. The van der Waals surface area contributed by atoms with Gasteiger partial charge in [0.25, 0.3) is 0 Å². The molecule has 1 aliphatic rings. The smallest absolute Gasteiger partial charge is 0.385 e. The van der Waals surface area contributed by atoms with E-state index in [4.69, 9.17) is 4.42 Å². The third kappa shape index (κ3) is 1.03. The van der Waals surface area contributed by atoms with Crippen LogP contribution in [-0.2, 0) is 6.54 Å². The van der Waals surface area contributed by atoms with Gasteiger partial charge < -0.3 is 4.42 Å². The molecule has 0 spiro atoms. The summed E-state index contributed by atoms with van der Waals surface area (Å²) in [6.07, 6.45) is 9.40. The largest absolute Gasteiger partial charge is 0.468 e. The first kappa shape index (κ1) is 9.27. The van der Waals surface area contributed by atoms with Gasteiger partial charge in [0.15, 0.2) is 11.2 Å². The second kappa shape index (κ2) is 3.00. The molecule has 0 aromatic carbocycles. The third-order valence-corrected chi connectivity index (χ3v) is 3.71. The molecule has 5 nitrogen and oxygen atoms in total. The van der Waals surface area contributed by atoms with Gasteiger partial charge in [-0.25, -0.2) is 0 Å². The number of aromatic nitrogens is 4. The van der Waals surface area contributed by atoms with Crippen molar-refractivity contribution in [3.05, 3.63) is 48.7 Å². The minimum absolute atomic E-state index is 0.807. The van der Waals surface area contributed by atoms with E-state index in [2.05, 4.69) is 31.2 Å². The van der Waals surface area contributed by atoms with Gasteiger partial charge in [-0.15, -0.1) is 0 Å². The second-order valence-electron chi connectivity index (χ2n) is 4.73. The molecule has 0 saturated carbocycles. The fourth-order valence-corrected chi connectivity index (χ4v) is 2.85. The minimum Gasteiger partial charge on any atom is -0.385 e. The van der Waals surface area contributed by atoms with Crippen molar-refractivity contribution >= 4 is 16.9 Å². The molecule has 5 heteroatoms. The molecule has 0 aliphatic carbocycles. The number of hydrogen-bond acceptors (Lipinski definition) is 3. The molecule has 4 aromatic heterocycles. The van der Waals surface area contributed by atoms with Gasteiger partial charge in [0, 0.05) is 35.8 Å². The molecular weight excluding hydrogens is 240 g/mol. The number of imidazole rings is 1. The predicted octanol–water partition coefficient (Wildman–Crippen LogP) is 1.79. The Morgan fingerprint density at radius 1 is 1.16 bits per heavy atom. The Morgan fingerprint density at radius 2 is 2.05 bits per heavy atom. The highest BCUT2D eigenvalue weighted by molar-refractivity contribution is 5.73. The van der Waals surface area contributed by atoms with Crippen LogP contribution in [0.15, 0.2) is 47.5 Å². The van der Waals surface area contributed by atoms with Crippen molar-refractivity contribution in [3.63, 3.8) is 0 Å². The number of fused-ring (bicyclic) bond motifs is 7. The molecule has 19 heavy (non-hydrogen) atoms. The fourth-order valence-electron chi connectivity index (χ4n) is 2.85. The molecular formula is C14H9N4O+. The summed E-state index contributed by atoms with van der Waals surface area (Å²) in [5.41, 5.74) is 5.49. The molecule has 1 aliphatic heterocycles. The van der Waals surface area contributed by atoms with Gasteiger partial charge in [-0.1, -0.05) is 0 Å². The van der Waals surface area contributed by atoms with Gasteiger partial charge in [0.2, 0.25) is 5.58 Å². The van der Waals surface area contributed by atoms with Crippen molar-refractivity contribution in [2.24, 2.45) is 0 Å². The van der Waals surface area contributed by atoms with E-state index in [1.165, 1.54) is 16.8 Å². The zero-order valence-electron chi connectivity index (χ0n) is 9.95. The van der Waals surface area contributed by atoms with Crippen molar-refractivity contribution in [2.75, 3.05) is 0 Å². The summed E-state index contributed by atoms with van der Waals surface area (Å²) < 4.78 is 10.2. The van der Waals surface area contributed by atoms with Gasteiger partial charge in [-0.3, -0.25) is 9.97 Å². The van der Waals surface area contributed by atoms with E-state index < -0.39 is 0 Å². The Labute approximate surface area is 107 Å². The van der Waals surface area contributed by atoms with Crippen molar-refractivity contribution in [2.45, 2.75) is 6.54 Å². The number of pyridine rings is 2. The van der Waals surface area contributed by atoms with E-state index in [1.807, 2.05) is 18.5 Å². The summed E-state index contributed by atoms with van der Waals surface area (Å²) >= 11 is 0. The highest BCUT2D eigenvalue weighted by Gasteiger charge is 2.32. The van der Waals surface area contributed by atoms with Crippen LogP contribution < -0.4 is 4.40 Å². The van der Waals surface area contributed by atoms with E-state index in [0.29, 0.717) is 0 Å². The number of rotatable bonds is 0. The van der Waals surface area contributed by atoms with Crippen LogP contribution in [0.25, 0.3) is 28.2 Å². The highest BCUT2D eigenvalue weighted by atomic mass is 16.4. The van der Waals surface area contributed by atoms with Crippen LogP contribution in [0.1, 0.15) is 5.56 Å². The highest BCUT2D eigenvalue weighted by Crippen LogP contribution is 2.32. The van der Waals surface area contributed by atoms with Gasteiger partial charge in [0.1, 0.15) is 12.7 Å². The van der Waals surface area contributed by atoms with Crippen molar-refractivity contribution in [1.82, 2.24) is 14.5 Å². The Hall–Kier alpha value is -2.69. The first-order valence-corrected chi connectivity index (χ1v) is 6.12. The zero-order valence-corrected chi connectivity index (χ0v) is 9.95. The van der Waals surface area contributed by atoms with Crippen LogP contribution in [0.2, 0.25) is 0 Å². The summed E-state index contributed by atoms with van der Waals surface area (Å²) in [5.74, 6) is 0.842. The van der Waals surface area contributed by atoms with Crippen LogP contribution >= 0.6 is 0 Å². The maximum absolute atomic E-state index is 5.91. The summed E-state index contributed by atoms with van der Waals surface area (Å²) in [4.78, 5) is 8.28. The lowest BCUT2D eigenvalue weighted by Crippen LogP contribution is -2.16. The molecule has 0 N–H and O–H groups in total. The number of nitrogens with zero attached hydrogens (tertiary/aromatic N) is 4. The summed E-state index contributed by atoms with van der Waals surface area (Å²) in [5, 5.41) is 0. The molecule has 0 bridgehead atoms. The molecule has 5 rings (SSSR count). The summed E-state index contributed by atoms with van der Waals surface area (Å²) in [6.45, 7) is 0.808. The monoisotopic (exact) mass is 249 g/mol. The standard InChI is InChI=1S/C14H9N4O/c1-3-15-5-9-7-17-12(10(1)9)8-18-11-2-4-16-6-13(11)19-14(17)18/h1-6,8H,7H2/q+1. The van der Waals surface area contributed by atoms with Crippen LogP contribution in [0.3, 0.4) is 0 Å². The minimum atomic E-state index is 0.807. The van der Waals surface area contributed by atoms with Crippen molar-refractivity contribution < 1.29 is 8.82 Å². The molecule has 0 fully saturated rings. The van der Waals surface area contributed by atoms with E-state index in [-0.39, 0.29) is 0 Å². The van der Waals surface area contributed by atoms with Gasteiger partial charge in [-0.05, 0) is 6.07 Å².